The molecule has 0 bridgehead atoms. The minimum atomic E-state index is -0.632. The average Bonchev–Trinajstić information content (AvgIpc) is 2.24. The van der Waals surface area contributed by atoms with Crippen LogP contribution < -0.4 is 5.32 Å². The summed E-state index contributed by atoms with van der Waals surface area (Å²) < 4.78 is 5.57. The Labute approximate surface area is 80.5 Å². The molecule has 0 amide bonds. The van der Waals surface area contributed by atoms with Gasteiger partial charge in [-0.3, -0.25) is 0 Å². The number of rotatable bonds is 3. The van der Waals surface area contributed by atoms with Crippen molar-refractivity contribution in [1.29, 1.82) is 0 Å². The van der Waals surface area contributed by atoms with Crippen molar-refractivity contribution in [1.82, 2.24) is 5.32 Å². The highest BCUT2D eigenvalue weighted by molar-refractivity contribution is 4.86. The van der Waals surface area contributed by atoms with E-state index in [2.05, 4.69) is 19.2 Å². The summed E-state index contributed by atoms with van der Waals surface area (Å²) in [7, 11) is 0. The van der Waals surface area contributed by atoms with Crippen molar-refractivity contribution in [3.63, 3.8) is 0 Å². The first-order chi connectivity index (χ1) is 5.79. The van der Waals surface area contributed by atoms with Crippen molar-refractivity contribution in [2.75, 3.05) is 13.2 Å². The van der Waals surface area contributed by atoms with Gasteiger partial charge in [0.05, 0.1) is 17.8 Å². The van der Waals surface area contributed by atoms with Gasteiger partial charge in [0.25, 0.3) is 0 Å². The van der Waals surface area contributed by atoms with E-state index in [4.69, 9.17) is 4.74 Å². The molecule has 0 aromatic carbocycles. The molecule has 1 rings (SSSR count). The van der Waals surface area contributed by atoms with Crippen LogP contribution in [0.25, 0.3) is 0 Å². The van der Waals surface area contributed by atoms with Gasteiger partial charge in [-0.2, -0.15) is 0 Å². The van der Waals surface area contributed by atoms with Crippen LogP contribution in [0.15, 0.2) is 0 Å². The van der Waals surface area contributed by atoms with E-state index in [1.807, 2.05) is 0 Å². The maximum Gasteiger partial charge on any atom is 0.0715 e. The summed E-state index contributed by atoms with van der Waals surface area (Å²) in [4.78, 5) is 0. The smallest absolute Gasteiger partial charge is 0.0715 e. The third kappa shape index (κ3) is 4.07. The second-order valence-corrected chi connectivity index (χ2v) is 5.17. The molecule has 1 heterocycles. The first-order valence-corrected chi connectivity index (χ1v) is 4.88. The third-order valence-electron chi connectivity index (χ3n) is 2.24. The molecule has 1 atom stereocenters. The number of hydrogen-bond donors (Lipinski definition) is 2. The summed E-state index contributed by atoms with van der Waals surface area (Å²) in [5, 5.41) is 12.8. The molecule has 0 aromatic rings. The van der Waals surface area contributed by atoms with Crippen LogP contribution in [0.1, 0.15) is 34.1 Å². The number of ether oxygens (including phenoxy) is 1. The Morgan fingerprint density at radius 2 is 2.15 bits per heavy atom. The molecule has 1 fully saturated rings. The van der Waals surface area contributed by atoms with Gasteiger partial charge < -0.3 is 15.2 Å². The first kappa shape index (κ1) is 11.0. The van der Waals surface area contributed by atoms with Crippen LogP contribution in [0.3, 0.4) is 0 Å². The third-order valence-corrected chi connectivity index (χ3v) is 2.24. The lowest BCUT2D eigenvalue weighted by atomic mass is 10.0. The lowest BCUT2D eigenvalue weighted by Crippen LogP contribution is -2.41. The highest BCUT2D eigenvalue weighted by Gasteiger charge is 2.32. The Kier molecular flexibility index (Phi) is 3.00. The zero-order chi connectivity index (χ0) is 10.1. The Morgan fingerprint density at radius 3 is 2.54 bits per heavy atom. The van der Waals surface area contributed by atoms with Crippen LogP contribution in [0.2, 0.25) is 0 Å². The van der Waals surface area contributed by atoms with Crippen LogP contribution in [0.5, 0.6) is 0 Å². The lowest BCUT2D eigenvalue weighted by Gasteiger charge is -2.21. The van der Waals surface area contributed by atoms with E-state index < -0.39 is 5.60 Å². The van der Waals surface area contributed by atoms with Crippen LogP contribution in [0, 0.1) is 0 Å². The predicted octanol–water partition coefficient (Wildman–Crippen LogP) is 0.914. The highest BCUT2D eigenvalue weighted by atomic mass is 16.5. The molecule has 0 saturated carbocycles. The zero-order valence-electron chi connectivity index (χ0n) is 9.05. The number of aliphatic hydroxyl groups is 1. The standard InChI is InChI=1S/C10H21NO2/c1-9(2,12)7-11-8-5-10(3,4)13-6-8/h8,11-12H,5-7H2,1-4H3. The molecule has 78 valence electrons. The summed E-state index contributed by atoms with van der Waals surface area (Å²) in [6.45, 7) is 9.18. The summed E-state index contributed by atoms with van der Waals surface area (Å²) in [5.41, 5.74) is -0.635. The van der Waals surface area contributed by atoms with Crippen molar-refractivity contribution >= 4 is 0 Å². The summed E-state index contributed by atoms with van der Waals surface area (Å²) >= 11 is 0. The van der Waals surface area contributed by atoms with Crippen LogP contribution in [-0.4, -0.2) is 35.5 Å². The lowest BCUT2D eigenvalue weighted by molar-refractivity contribution is 0.0349. The Bertz CT molecular complexity index is 172. The monoisotopic (exact) mass is 187 g/mol. The van der Waals surface area contributed by atoms with Gasteiger partial charge in [-0.25, -0.2) is 0 Å². The van der Waals surface area contributed by atoms with Gasteiger partial charge in [0.1, 0.15) is 0 Å². The van der Waals surface area contributed by atoms with Crippen molar-refractivity contribution in [2.24, 2.45) is 0 Å². The molecule has 1 saturated heterocycles. The normalized spacial score (nSPS) is 27.9. The second-order valence-electron chi connectivity index (χ2n) is 5.17. The van der Waals surface area contributed by atoms with Crippen molar-refractivity contribution in [3.8, 4) is 0 Å². The molecule has 2 N–H and O–H groups in total. The maximum atomic E-state index is 9.50. The van der Waals surface area contributed by atoms with Crippen molar-refractivity contribution in [2.45, 2.75) is 51.4 Å². The van der Waals surface area contributed by atoms with E-state index in [-0.39, 0.29) is 5.60 Å². The summed E-state index contributed by atoms with van der Waals surface area (Å²) in [6, 6.07) is 0.390. The average molecular weight is 187 g/mol. The Morgan fingerprint density at radius 1 is 1.54 bits per heavy atom. The molecular formula is C10H21NO2. The zero-order valence-corrected chi connectivity index (χ0v) is 9.05. The topological polar surface area (TPSA) is 41.5 Å². The van der Waals surface area contributed by atoms with Crippen molar-refractivity contribution < 1.29 is 9.84 Å². The SMILES string of the molecule is CC(C)(O)CNC1COC(C)(C)C1. The molecule has 1 unspecified atom stereocenters. The Hall–Kier alpha value is -0.120. The summed E-state index contributed by atoms with van der Waals surface area (Å²) in [5.74, 6) is 0. The molecule has 0 aromatic heterocycles. The maximum absolute atomic E-state index is 9.50. The molecule has 3 heteroatoms. The molecule has 0 radical (unpaired) electrons. The second kappa shape index (κ2) is 3.56. The fraction of sp³-hybridized carbons (Fsp3) is 1.00. The predicted molar refractivity (Wildman–Crippen MR) is 52.7 cm³/mol. The number of hydrogen-bond acceptors (Lipinski definition) is 3. The molecule has 13 heavy (non-hydrogen) atoms. The van der Waals surface area contributed by atoms with E-state index in [0.717, 1.165) is 13.0 Å². The molecule has 0 aliphatic carbocycles. The molecule has 1 aliphatic heterocycles. The quantitative estimate of drug-likeness (QED) is 0.690. The van der Waals surface area contributed by atoms with Gasteiger partial charge in [0, 0.05) is 12.6 Å². The van der Waals surface area contributed by atoms with Crippen molar-refractivity contribution in [3.05, 3.63) is 0 Å². The van der Waals surface area contributed by atoms with E-state index in [1.165, 1.54) is 0 Å². The van der Waals surface area contributed by atoms with Crippen LogP contribution in [0.4, 0.5) is 0 Å². The van der Waals surface area contributed by atoms with Gasteiger partial charge in [-0.1, -0.05) is 0 Å². The van der Waals surface area contributed by atoms with Gasteiger partial charge in [-0.05, 0) is 34.1 Å². The van der Waals surface area contributed by atoms with Gasteiger partial charge in [0.15, 0.2) is 0 Å². The molecule has 3 nitrogen and oxygen atoms in total. The number of nitrogens with one attached hydrogen (secondary N) is 1. The van der Waals surface area contributed by atoms with E-state index in [0.29, 0.717) is 12.6 Å². The van der Waals surface area contributed by atoms with Gasteiger partial charge >= 0.3 is 0 Å². The molecular weight excluding hydrogens is 166 g/mol. The summed E-state index contributed by atoms with van der Waals surface area (Å²) in [6.07, 6.45) is 1.02. The fourth-order valence-electron chi connectivity index (χ4n) is 1.56. The van der Waals surface area contributed by atoms with E-state index >= 15 is 0 Å². The minimum Gasteiger partial charge on any atom is -0.389 e. The minimum absolute atomic E-state index is 0.00271. The first-order valence-electron chi connectivity index (χ1n) is 4.88. The van der Waals surface area contributed by atoms with Gasteiger partial charge in [-0.15, -0.1) is 0 Å². The van der Waals surface area contributed by atoms with Crippen LogP contribution in [-0.2, 0) is 4.74 Å². The Balaban J connectivity index is 2.25. The highest BCUT2D eigenvalue weighted by Crippen LogP contribution is 2.24. The van der Waals surface area contributed by atoms with Gasteiger partial charge in [0.2, 0.25) is 0 Å². The fourth-order valence-corrected chi connectivity index (χ4v) is 1.56. The van der Waals surface area contributed by atoms with E-state index in [1.54, 1.807) is 13.8 Å². The molecule has 0 spiro atoms. The largest absolute Gasteiger partial charge is 0.389 e. The molecule has 1 aliphatic rings. The van der Waals surface area contributed by atoms with E-state index in [9.17, 15) is 5.11 Å². The van der Waals surface area contributed by atoms with Crippen LogP contribution >= 0.6 is 0 Å².